The van der Waals surface area contributed by atoms with E-state index in [1.807, 2.05) is 20.8 Å². The van der Waals surface area contributed by atoms with Crippen LogP contribution in [-0.4, -0.2) is 82.5 Å². The number of aliphatic hydroxyl groups is 1. The monoisotopic (exact) mass is 607 g/mol. The van der Waals surface area contributed by atoms with E-state index in [0.717, 1.165) is 0 Å². The van der Waals surface area contributed by atoms with Crippen molar-refractivity contribution in [3.05, 3.63) is 29.8 Å². The Bertz CT molecular complexity index is 1130. The highest BCUT2D eigenvalue weighted by atomic mass is 16.3. The van der Waals surface area contributed by atoms with Crippen LogP contribution in [-0.2, 0) is 35.2 Å². The zero-order valence-corrected chi connectivity index (χ0v) is 25.0. The van der Waals surface area contributed by atoms with E-state index >= 15 is 0 Å². The fraction of sp³-hybridized carbons (Fsp3) is 0.571. The van der Waals surface area contributed by atoms with Gasteiger partial charge in [-0.25, -0.2) is 0 Å². The van der Waals surface area contributed by atoms with Crippen molar-refractivity contribution in [2.24, 2.45) is 29.0 Å². The van der Waals surface area contributed by atoms with Gasteiger partial charge in [-0.2, -0.15) is 0 Å². The summed E-state index contributed by atoms with van der Waals surface area (Å²) in [5.74, 6) is -5.43. The maximum Gasteiger partial charge on any atom is 0.245 e. The molecule has 240 valence electrons. The van der Waals surface area contributed by atoms with Crippen LogP contribution >= 0.6 is 0 Å². The quantitative estimate of drug-likeness (QED) is 0.0863. The van der Waals surface area contributed by atoms with Crippen molar-refractivity contribution in [3.8, 4) is 5.75 Å². The molecule has 1 aromatic carbocycles. The molecule has 0 aromatic heterocycles. The number of rotatable bonds is 18. The number of amides is 6. The number of aliphatic hydroxyl groups excluding tert-OH is 1. The first kappa shape index (κ1) is 36.8. The number of hydrogen-bond acceptors (Lipinski definition) is 9. The molecule has 0 saturated carbocycles. The molecule has 12 N–H and O–H groups in total. The van der Waals surface area contributed by atoms with Crippen LogP contribution in [0.2, 0.25) is 0 Å². The summed E-state index contributed by atoms with van der Waals surface area (Å²) in [6, 6.07) is -0.696. The SMILES string of the molecule is CC[C@H](C)[C@H](N)C(=O)N[C@@H](CO)C(=O)N[C@@H](Cc1ccc(O)cc1)C(=O)N[C@@H](CC(N)=O)C(=O)N[C@@H](CC(C)C)C(N)=O. The average molecular weight is 608 g/mol. The van der Waals surface area contributed by atoms with Crippen molar-refractivity contribution in [2.45, 2.75) is 83.6 Å². The Morgan fingerprint density at radius 2 is 1.26 bits per heavy atom. The lowest BCUT2D eigenvalue weighted by atomic mass is 9.99. The van der Waals surface area contributed by atoms with Gasteiger partial charge in [0.25, 0.3) is 0 Å². The molecule has 0 radical (unpaired) electrons. The van der Waals surface area contributed by atoms with Crippen LogP contribution in [0.1, 0.15) is 52.5 Å². The molecule has 1 rings (SSSR count). The number of hydrogen-bond donors (Lipinski definition) is 9. The maximum atomic E-state index is 13.4. The first-order valence-electron chi connectivity index (χ1n) is 14.0. The summed E-state index contributed by atoms with van der Waals surface area (Å²) in [5, 5.41) is 29.1. The maximum absolute atomic E-state index is 13.4. The molecule has 6 amide bonds. The molecular formula is C28H45N7O8. The number of primary amides is 2. The molecule has 0 fully saturated rings. The molecule has 0 aliphatic rings. The molecule has 15 nitrogen and oxygen atoms in total. The standard InChI is InChI=1S/C28H45N7O8/c1-5-15(4)23(30)28(43)35-21(13-36)27(42)33-19(11-16-6-8-17(37)9-7-16)25(40)34-20(12-22(29)38)26(41)32-18(24(31)39)10-14(2)3/h6-9,14-15,18-21,23,36-37H,5,10-13,30H2,1-4H3,(H2,29,38)(H2,31,39)(H,32,41)(H,33,42)(H,34,40)(H,35,43)/t15-,18-,19-,20-,21-,23-/m0/s1. The molecule has 0 spiro atoms. The van der Waals surface area contributed by atoms with Gasteiger partial charge in [-0.15, -0.1) is 0 Å². The van der Waals surface area contributed by atoms with Crippen LogP contribution in [0.25, 0.3) is 0 Å². The molecule has 0 heterocycles. The molecule has 0 bridgehead atoms. The number of benzene rings is 1. The Morgan fingerprint density at radius 1 is 0.767 bits per heavy atom. The molecule has 0 unspecified atom stereocenters. The van der Waals surface area contributed by atoms with Crippen LogP contribution in [0.4, 0.5) is 0 Å². The minimum Gasteiger partial charge on any atom is -0.508 e. The third-order valence-electron chi connectivity index (χ3n) is 6.79. The number of nitrogens with two attached hydrogens (primary N) is 3. The molecule has 0 aliphatic heterocycles. The Labute approximate surface area is 250 Å². The normalized spacial score (nSPS) is 15.2. The number of aromatic hydroxyl groups is 1. The average Bonchev–Trinajstić information content (AvgIpc) is 2.94. The lowest BCUT2D eigenvalue weighted by molar-refractivity contribution is -0.135. The zero-order valence-electron chi connectivity index (χ0n) is 25.0. The number of carbonyl (C=O) groups is 6. The molecule has 15 heteroatoms. The fourth-order valence-electron chi connectivity index (χ4n) is 4.00. The van der Waals surface area contributed by atoms with Gasteiger partial charge in [0.1, 0.15) is 29.9 Å². The number of phenols is 1. The third kappa shape index (κ3) is 12.7. The van der Waals surface area contributed by atoms with E-state index in [9.17, 15) is 39.0 Å². The van der Waals surface area contributed by atoms with Crippen LogP contribution in [0.3, 0.4) is 0 Å². The summed E-state index contributed by atoms with van der Waals surface area (Å²) in [4.78, 5) is 75.7. The topological polar surface area (TPSA) is 269 Å². The molecule has 0 aliphatic carbocycles. The highest BCUT2D eigenvalue weighted by Gasteiger charge is 2.32. The van der Waals surface area contributed by atoms with Gasteiger partial charge in [-0.05, 0) is 36.0 Å². The summed E-state index contributed by atoms with van der Waals surface area (Å²) < 4.78 is 0. The van der Waals surface area contributed by atoms with Crippen LogP contribution in [0, 0.1) is 11.8 Å². The van der Waals surface area contributed by atoms with Crippen molar-refractivity contribution >= 4 is 35.4 Å². The zero-order chi connectivity index (χ0) is 32.9. The second-order valence-corrected chi connectivity index (χ2v) is 10.9. The number of nitrogens with one attached hydrogen (secondary N) is 4. The minimum absolute atomic E-state index is 0.0217. The summed E-state index contributed by atoms with van der Waals surface area (Å²) >= 11 is 0. The predicted octanol–water partition coefficient (Wildman–Crippen LogP) is -2.35. The second kappa shape index (κ2) is 17.7. The molecule has 6 atom stereocenters. The number of carbonyl (C=O) groups excluding carboxylic acids is 6. The van der Waals surface area contributed by atoms with E-state index in [4.69, 9.17) is 17.2 Å². The van der Waals surface area contributed by atoms with Crippen molar-refractivity contribution in [3.63, 3.8) is 0 Å². The van der Waals surface area contributed by atoms with Crippen molar-refractivity contribution in [1.29, 1.82) is 0 Å². The Morgan fingerprint density at radius 3 is 1.74 bits per heavy atom. The first-order chi connectivity index (χ1) is 20.1. The van der Waals surface area contributed by atoms with E-state index in [-0.39, 0.29) is 30.4 Å². The van der Waals surface area contributed by atoms with Gasteiger partial charge in [0.2, 0.25) is 35.4 Å². The highest BCUT2D eigenvalue weighted by Crippen LogP contribution is 2.12. The van der Waals surface area contributed by atoms with Crippen LogP contribution < -0.4 is 38.5 Å². The highest BCUT2D eigenvalue weighted by molar-refractivity contribution is 5.97. The third-order valence-corrected chi connectivity index (χ3v) is 6.79. The van der Waals surface area contributed by atoms with Gasteiger partial charge >= 0.3 is 0 Å². The lowest BCUT2D eigenvalue weighted by Crippen LogP contribution is -2.60. The van der Waals surface area contributed by atoms with Gasteiger partial charge in [0.15, 0.2) is 0 Å². The summed E-state index contributed by atoms with van der Waals surface area (Å²) in [7, 11) is 0. The molecule has 0 saturated heterocycles. The van der Waals surface area contributed by atoms with Gasteiger partial charge in [-0.1, -0.05) is 46.2 Å². The Kier molecular flexibility index (Phi) is 15.1. The molecular weight excluding hydrogens is 562 g/mol. The Balaban J connectivity index is 3.24. The van der Waals surface area contributed by atoms with Gasteiger partial charge < -0.3 is 48.7 Å². The second-order valence-electron chi connectivity index (χ2n) is 10.9. The van der Waals surface area contributed by atoms with Crippen LogP contribution in [0.5, 0.6) is 5.75 Å². The van der Waals surface area contributed by atoms with Crippen molar-refractivity contribution < 1.29 is 39.0 Å². The molecule has 43 heavy (non-hydrogen) atoms. The van der Waals surface area contributed by atoms with E-state index in [0.29, 0.717) is 12.0 Å². The van der Waals surface area contributed by atoms with Crippen LogP contribution in [0.15, 0.2) is 24.3 Å². The minimum atomic E-state index is -1.53. The van der Waals surface area contributed by atoms with Gasteiger partial charge in [0, 0.05) is 6.42 Å². The lowest BCUT2D eigenvalue weighted by Gasteiger charge is -2.26. The Hall–Kier alpha value is -4.24. The fourth-order valence-corrected chi connectivity index (χ4v) is 4.00. The summed E-state index contributed by atoms with van der Waals surface area (Å²) in [6.07, 6.45) is 0.00982. The van der Waals surface area contributed by atoms with Crippen molar-refractivity contribution in [2.75, 3.05) is 6.61 Å². The van der Waals surface area contributed by atoms with Gasteiger partial charge in [-0.3, -0.25) is 28.8 Å². The number of phenolic OH excluding ortho intramolecular Hbond substituents is 1. The van der Waals surface area contributed by atoms with E-state index in [1.54, 1.807) is 6.92 Å². The van der Waals surface area contributed by atoms with E-state index < -0.39 is 78.7 Å². The van der Waals surface area contributed by atoms with Gasteiger partial charge in [0.05, 0.1) is 19.1 Å². The van der Waals surface area contributed by atoms with E-state index in [1.165, 1.54) is 24.3 Å². The molecule has 1 aromatic rings. The van der Waals surface area contributed by atoms with Crippen molar-refractivity contribution in [1.82, 2.24) is 21.3 Å². The van der Waals surface area contributed by atoms with E-state index in [2.05, 4.69) is 21.3 Å². The smallest absolute Gasteiger partial charge is 0.245 e. The largest absolute Gasteiger partial charge is 0.508 e. The predicted molar refractivity (Wildman–Crippen MR) is 157 cm³/mol. The first-order valence-corrected chi connectivity index (χ1v) is 14.0. The summed E-state index contributed by atoms with van der Waals surface area (Å²) in [5.41, 5.74) is 17.1. The summed E-state index contributed by atoms with van der Waals surface area (Å²) in [6.45, 7) is 6.40.